The molecular weight excluding hydrogens is 348 g/mol. The molecule has 1 aliphatic rings. The number of nitrogens with one attached hydrogen (secondary N) is 2. The number of carbonyl (C=O) groups excluding carboxylic acids is 1. The molecule has 0 saturated heterocycles. The summed E-state index contributed by atoms with van der Waals surface area (Å²) in [6.45, 7) is 3.68. The van der Waals surface area contributed by atoms with Crippen LogP contribution in [0.5, 0.6) is 0 Å². The van der Waals surface area contributed by atoms with E-state index < -0.39 is 0 Å². The van der Waals surface area contributed by atoms with Gasteiger partial charge in [-0.1, -0.05) is 54.1 Å². The second kappa shape index (κ2) is 6.94. The molecule has 1 amide bonds. The molecule has 5 nitrogen and oxygen atoms in total. The Hall–Kier alpha value is -2.63. The minimum absolute atomic E-state index is 0.239. The smallest absolute Gasteiger partial charge is 0.258 e. The molecule has 3 aromatic rings. The van der Waals surface area contributed by atoms with E-state index in [9.17, 15) is 4.79 Å². The van der Waals surface area contributed by atoms with Crippen molar-refractivity contribution in [1.29, 1.82) is 0 Å². The second-order valence-corrected chi connectivity index (χ2v) is 6.86. The first-order valence-corrected chi connectivity index (χ1v) is 8.92. The average Bonchev–Trinajstić information content (AvgIpc) is 3.24. The Balaban J connectivity index is 1.50. The van der Waals surface area contributed by atoms with Gasteiger partial charge in [-0.05, 0) is 24.6 Å². The SMILES string of the molecule is CC(c1ccccc1)N1Cc2n[nH]c(NC(=O)c3ccccc3Cl)c2C1. The molecule has 1 atom stereocenters. The molecule has 4 rings (SSSR count). The lowest BCUT2D eigenvalue weighted by molar-refractivity contribution is 0.102. The highest BCUT2D eigenvalue weighted by Crippen LogP contribution is 2.33. The van der Waals surface area contributed by atoms with E-state index in [1.807, 2.05) is 6.07 Å². The lowest BCUT2D eigenvalue weighted by Crippen LogP contribution is -2.22. The van der Waals surface area contributed by atoms with Crippen LogP contribution < -0.4 is 5.32 Å². The average molecular weight is 367 g/mol. The minimum Gasteiger partial charge on any atom is -0.307 e. The van der Waals surface area contributed by atoms with Crippen molar-refractivity contribution in [2.24, 2.45) is 0 Å². The van der Waals surface area contributed by atoms with Crippen LogP contribution in [0.2, 0.25) is 5.02 Å². The summed E-state index contributed by atoms with van der Waals surface area (Å²) in [4.78, 5) is 14.9. The lowest BCUT2D eigenvalue weighted by Gasteiger charge is -2.24. The van der Waals surface area contributed by atoms with Crippen molar-refractivity contribution < 1.29 is 4.79 Å². The van der Waals surface area contributed by atoms with Gasteiger partial charge in [0.25, 0.3) is 5.91 Å². The Morgan fingerprint density at radius 1 is 1.15 bits per heavy atom. The van der Waals surface area contributed by atoms with E-state index in [2.05, 4.69) is 51.6 Å². The van der Waals surface area contributed by atoms with Gasteiger partial charge in [0.2, 0.25) is 0 Å². The minimum atomic E-state index is -0.239. The van der Waals surface area contributed by atoms with E-state index in [-0.39, 0.29) is 11.9 Å². The van der Waals surface area contributed by atoms with Crippen LogP contribution >= 0.6 is 11.6 Å². The largest absolute Gasteiger partial charge is 0.307 e. The number of aromatic nitrogens is 2. The summed E-state index contributed by atoms with van der Waals surface area (Å²) in [7, 11) is 0. The molecular formula is C20H19ClN4O. The number of H-pyrrole nitrogens is 1. The number of amides is 1. The van der Waals surface area contributed by atoms with Crippen molar-refractivity contribution in [3.05, 3.63) is 82.0 Å². The van der Waals surface area contributed by atoms with Crippen LogP contribution in [-0.2, 0) is 13.1 Å². The molecule has 1 unspecified atom stereocenters. The van der Waals surface area contributed by atoms with Crippen molar-refractivity contribution in [3.8, 4) is 0 Å². The van der Waals surface area contributed by atoms with Crippen LogP contribution in [0, 0.1) is 0 Å². The van der Waals surface area contributed by atoms with Gasteiger partial charge in [-0.25, -0.2) is 0 Å². The van der Waals surface area contributed by atoms with Crippen LogP contribution in [0.25, 0.3) is 0 Å². The first-order chi connectivity index (χ1) is 12.6. The summed E-state index contributed by atoms with van der Waals surface area (Å²) in [6, 6.07) is 17.7. The summed E-state index contributed by atoms with van der Waals surface area (Å²) in [5, 5.41) is 10.7. The summed E-state index contributed by atoms with van der Waals surface area (Å²) >= 11 is 6.11. The van der Waals surface area contributed by atoms with Crippen molar-refractivity contribution in [3.63, 3.8) is 0 Å². The van der Waals surface area contributed by atoms with E-state index in [0.717, 1.165) is 24.3 Å². The molecule has 1 aliphatic heterocycles. The maximum absolute atomic E-state index is 12.5. The van der Waals surface area contributed by atoms with Crippen LogP contribution in [-0.4, -0.2) is 21.0 Å². The van der Waals surface area contributed by atoms with Gasteiger partial charge < -0.3 is 5.32 Å². The van der Waals surface area contributed by atoms with Crippen LogP contribution in [0.15, 0.2) is 54.6 Å². The number of fused-ring (bicyclic) bond motifs is 1. The van der Waals surface area contributed by atoms with Gasteiger partial charge in [0.1, 0.15) is 5.82 Å². The molecule has 0 bridgehead atoms. The molecule has 0 radical (unpaired) electrons. The zero-order chi connectivity index (χ0) is 18.1. The Kier molecular flexibility index (Phi) is 4.49. The number of hydrogen-bond donors (Lipinski definition) is 2. The molecule has 1 aromatic heterocycles. The topological polar surface area (TPSA) is 61.0 Å². The van der Waals surface area contributed by atoms with E-state index >= 15 is 0 Å². The van der Waals surface area contributed by atoms with Crippen molar-refractivity contribution >= 4 is 23.3 Å². The molecule has 2 aromatic carbocycles. The third-order valence-corrected chi connectivity index (χ3v) is 5.18. The second-order valence-electron chi connectivity index (χ2n) is 6.45. The van der Waals surface area contributed by atoms with Gasteiger partial charge in [-0.3, -0.25) is 14.8 Å². The van der Waals surface area contributed by atoms with E-state index in [0.29, 0.717) is 16.4 Å². The maximum atomic E-state index is 12.5. The maximum Gasteiger partial charge on any atom is 0.258 e. The fourth-order valence-corrected chi connectivity index (χ4v) is 3.52. The predicted molar refractivity (Wildman–Crippen MR) is 102 cm³/mol. The standard InChI is InChI=1S/C20H19ClN4O/c1-13(14-7-3-2-4-8-14)25-11-16-18(12-25)23-24-19(16)22-20(26)15-9-5-6-10-17(15)21/h2-10,13H,11-12H2,1H3,(H2,22,23,24,26). The summed E-state index contributed by atoms with van der Waals surface area (Å²) in [6.07, 6.45) is 0. The number of anilines is 1. The van der Waals surface area contributed by atoms with Gasteiger partial charge in [0, 0.05) is 24.7 Å². The monoisotopic (exact) mass is 366 g/mol. The third kappa shape index (κ3) is 3.11. The van der Waals surface area contributed by atoms with Gasteiger partial charge >= 0.3 is 0 Å². The molecule has 0 spiro atoms. The zero-order valence-electron chi connectivity index (χ0n) is 14.4. The number of carbonyl (C=O) groups is 1. The number of nitrogens with zero attached hydrogens (tertiary/aromatic N) is 2. The molecule has 132 valence electrons. The van der Waals surface area contributed by atoms with Crippen molar-refractivity contribution in [1.82, 2.24) is 15.1 Å². The first kappa shape index (κ1) is 16.8. The number of benzene rings is 2. The fraction of sp³-hybridized carbons (Fsp3) is 0.200. The van der Waals surface area contributed by atoms with Crippen molar-refractivity contribution in [2.45, 2.75) is 26.1 Å². The molecule has 2 N–H and O–H groups in total. The van der Waals surface area contributed by atoms with Gasteiger partial charge in [-0.2, -0.15) is 5.10 Å². The fourth-order valence-electron chi connectivity index (χ4n) is 3.30. The predicted octanol–water partition coefficient (Wildman–Crippen LogP) is 4.39. The summed E-state index contributed by atoms with van der Waals surface area (Å²) in [5.41, 5.74) is 3.73. The van der Waals surface area contributed by atoms with Crippen molar-refractivity contribution in [2.75, 3.05) is 5.32 Å². The summed E-state index contributed by atoms with van der Waals surface area (Å²) < 4.78 is 0. The normalized spacial score (nSPS) is 14.8. The molecule has 2 heterocycles. The van der Waals surface area contributed by atoms with Gasteiger partial charge in [0.05, 0.1) is 16.3 Å². The lowest BCUT2D eigenvalue weighted by atomic mass is 10.1. The van der Waals surface area contributed by atoms with Crippen LogP contribution in [0.3, 0.4) is 0 Å². The quantitative estimate of drug-likeness (QED) is 0.719. The number of rotatable bonds is 4. The number of aromatic amines is 1. The molecule has 0 aliphatic carbocycles. The van der Waals surface area contributed by atoms with E-state index in [4.69, 9.17) is 11.6 Å². The Morgan fingerprint density at radius 3 is 2.65 bits per heavy atom. The molecule has 0 fully saturated rings. The first-order valence-electron chi connectivity index (χ1n) is 8.54. The zero-order valence-corrected chi connectivity index (χ0v) is 15.1. The Labute approximate surface area is 157 Å². The highest BCUT2D eigenvalue weighted by Gasteiger charge is 2.29. The molecule has 0 saturated carbocycles. The third-order valence-electron chi connectivity index (χ3n) is 4.85. The van der Waals surface area contributed by atoms with Gasteiger partial charge in [-0.15, -0.1) is 0 Å². The van der Waals surface area contributed by atoms with Gasteiger partial charge in [0.15, 0.2) is 0 Å². The molecule has 26 heavy (non-hydrogen) atoms. The Morgan fingerprint density at radius 2 is 1.88 bits per heavy atom. The number of hydrogen-bond acceptors (Lipinski definition) is 3. The Bertz CT molecular complexity index is 938. The van der Waals surface area contributed by atoms with E-state index in [1.165, 1.54) is 5.56 Å². The summed E-state index contributed by atoms with van der Waals surface area (Å²) in [5.74, 6) is 0.407. The van der Waals surface area contributed by atoms with Crippen LogP contribution in [0.4, 0.5) is 5.82 Å². The van der Waals surface area contributed by atoms with Crippen LogP contribution in [0.1, 0.15) is 40.1 Å². The number of halogens is 1. The highest BCUT2D eigenvalue weighted by atomic mass is 35.5. The molecule has 6 heteroatoms. The highest BCUT2D eigenvalue weighted by molar-refractivity contribution is 6.34. The van der Waals surface area contributed by atoms with E-state index in [1.54, 1.807) is 24.3 Å².